The lowest BCUT2D eigenvalue weighted by atomic mass is 10.1. The van der Waals surface area contributed by atoms with Crippen molar-refractivity contribution in [3.63, 3.8) is 0 Å². The third-order valence-corrected chi connectivity index (χ3v) is 2.73. The Morgan fingerprint density at radius 3 is 2.50 bits per heavy atom. The zero-order valence-electron chi connectivity index (χ0n) is 11.3. The highest BCUT2D eigenvalue weighted by atomic mass is 35.5. The van der Waals surface area contributed by atoms with Crippen molar-refractivity contribution in [2.75, 3.05) is 19.3 Å². The van der Waals surface area contributed by atoms with Gasteiger partial charge in [0.2, 0.25) is 5.91 Å². The van der Waals surface area contributed by atoms with Crippen molar-refractivity contribution < 1.29 is 4.79 Å². The summed E-state index contributed by atoms with van der Waals surface area (Å²) in [4.78, 5) is 13.6. The molecule has 3 nitrogen and oxygen atoms in total. The number of carbonyl (C=O) groups excluding carboxylic acids is 1. The van der Waals surface area contributed by atoms with E-state index in [0.717, 1.165) is 17.8 Å². The van der Waals surface area contributed by atoms with Gasteiger partial charge in [0.1, 0.15) is 0 Å². The molecule has 2 N–H and O–H groups in total. The van der Waals surface area contributed by atoms with E-state index < -0.39 is 0 Å². The highest BCUT2D eigenvalue weighted by Gasteiger charge is 2.10. The van der Waals surface area contributed by atoms with E-state index in [1.165, 1.54) is 0 Å². The lowest BCUT2D eigenvalue weighted by Crippen LogP contribution is -2.30. The van der Waals surface area contributed by atoms with Gasteiger partial charge in [-0.25, -0.2) is 0 Å². The number of para-hydroxylation sites is 1. The van der Waals surface area contributed by atoms with Gasteiger partial charge in [0.05, 0.1) is 0 Å². The molecule has 4 heteroatoms. The molecule has 0 aromatic heterocycles. The topological polar surface area (TPSA) is 46.3 Å². The summed E-state index contributed by atoms with van der Waals surface area (Å²) in [5.41, 5.74) is 7.66. The summed E-state index contributed by atoms with van der Waals surface area (Å²) in [5, 5.41) is 0. The summed E-state index contributed by atoms with van der Waals surface area (Å²) in [5.74, 6) is 0.688. The highest BCUT2D eigenvalue weighted by Crippen LogP contribution is 2.13. The molecule has 18 heavy (non-hydrogen) atoms. The van der Waals surface area contributed by atoms with Crippen LogP contribution in [0.25, 0.3) is 0 Å². The number of anilines is 1. The first-order valence-corrected chi connectivity index (χ1v) is 6.08. The van der Waals surface area contributed by atoms with Crippen molar-refractivity contribution in [2.24, 2.45) is 5.92 Å². The van der Waals surface area contributed by atoms with Gasteiger partial charge in [0.15, 0.2) is 0 Å². The number of hydrogen-bond donors (Lipinski definition) is 1. The molecular weight excluding hydrogens is 248 g/mol. The fourth-order valence-electron chi connectivity index (χ4n) is 1.84. The molecule has 1 rings (SSSR count). The third-order valence-electron chi connectivity index (χ3n) is 2.73. The minimum atomic E-state index is 0. The first-order chi connectivity index (χ1) is 8.00. The molecule has 0 aliphatic rings. The van der Waals surface area contributed by atoms with E-state index in [9.17, 15) is 4.79 Å². The maximum Gasteiger partial charge on any atom is 0.222 e. The van der Waals surface area contributed by atoms with Crippen molar-refractivity contribution in [1.82, 2.24) is 4.90 Å². The van der Waals surface area contributed by atoms with Crippen LogP contribution < -0.4 is 5.73 Å². The van der Waals surface area contributed by atoms with Crippen LogP contribution in [0.4, 0.5) is 5.69 Å². The summed E-state index contributed by atoms with van der Waals surface area (Å²) in [6.45, 7) is 5.03. The minimum absolute atomic E-state index is 0. The van der Waals surface area contributed by atoms with Crippen molar-refractivity contribution in [3.8, 4) is 0 Å². The molecule has 0 bridgehead atoms. The van der Waals surface area contributed by atoms with Crippen LogP contribution in [0.2, 0.25) is 0 Å². The number of carbonyl (C=O) groups is 1. The van der Waals surface area contributed by atoms with E-state index in [-0.39, 0.29) is 18.3 Å². The van der Waals surface area contributed by atoms with Crippen molar-refractivity contribution in [3.05, 3.63) is 29.8 Å². The number of benzene rings is 1. The Balaban J connectivity index is 0.00000289. The second-order valence-electron chi connectivity index (χ2n) is 4.87. The average Bonchev–Trinajstić information content (AvgIpc) is 2.26. The van der Waals surface area contributed by atoms with Gasteiger partial charge >= 0.3 is 0 Å². The molecule has 0 saturated carbocycles. The zero-order valence-corrected chi connectivity index (χ0v) is 12.2. The first kappa shape index (κ1) is 16.8. The van der Waals surface area contributed by atoms with Crippen molar-refractivity contribution in [1.29, 1.82) is 0 Å². The predicted molar refractivity (Wildman–Crippen MR) is 78.9 cm³/mol. The molecule has 1 aromatic carbocycles. The van der Waals surface area contributed by atoms with Gasteiger partial charge in [-0.15, -0.1) is 12.4 Å². The predicted octanol–water partition coefficient (Wildman–Crippen LogP) is 2.74. The van der Waals surface area contributed by atoms with E-state index in [1.807, 2.05) is 31.3 Å². The molecule has 1 aromatic rings. The Labute approximate surface area is 116 Å². The van der Waals surface area contributed by atoms with Crippen molar-refractivity contribution >= 4 is 24.0 Å². The molecule has 0 unspecified atom stereocenters. The Morgan fingerprint density at radius 1 is 1.33 bits per heavy atom. The average molecular weight is 271 g/mol. The summed E-state index contributed by atoms with van der Waals surface area (Å²) >= 11 is 0. The normalized spacial score (nSPS) is 10.0. The van der Waals surface area contributed by atoms with E-state index in [2.05, 4.69) is 13.8 Å². The molecule has 102 valence electrons. The molecular formula is C14H23ClN2O. The molecule has 1 amide bonds. The monoisotopic (exact) mass is 270 g/mol. The van der Waals surface area contributed by atoms with E-state index >= 15 is 0 Å². The lowest BCUT2D eigenvalue weighted by molar-refractivity contribution is -0.130. The minimum Gasteiger partial charge on any atom is -0.399 e. The third kappa shape index (κ3) is 5.41. The Kier molecular flexibility index (Phi) is 7.44. The largest absolute Gasteiger partial charge is 0.399 e. The number of nitrogen functional groups attached to an aromatic ring is 1. The van der Waals surface area contributed by atoms with Gasteiger partial charge in [-0.2, -0.15) is 0 Å². The van der Waals surface area contributed by atoms with E-state index in [4.69, 9.17) is 5.73 Å². The lowest BCUT2D eigenvalue weighted by Gasteiger charge is -2.19. The van der Waals surface area contributed by atoms with Crippen LogP contribution in [-0.2, 0) is 11.2 Å². The van der Waals surface area contributed by atoms with Crippen molar-refractivity contribution in [2.45, 2.75) is 26.7 Å². The molecule has 0 saturated heterocycles. The van der Waals surface area contributed by atoms with Gasteiger partial charge < -0.3 is 10.6 Å². The van der Waals surface area contributed by atoms with Crippen LogP contribution >= 0.6 is 12.4 Å². The van der Waals surface area contributed by atoms with Gasteiger partial charge in [-0.3, -0.25) is 4.79 Å². The van der Waals surface area contributed by atoms with Gasteiger partial charge in [-0.1, -0.05) is 32.0 Å². The molecule has 0 fully saturated rings. The SMILES string of the molecule is CC(C)CN(C)C(=O)CCc1ccccc1N.Cl. The molecule has 0 radical (unpaired) electrons. The zero-order chi connectivity index (χ0) is 12.8. The summed E-state index contributed by atoms with van der Waals surface area (Å²) < 4.78 is 0. The van der Waals surface area contributed by atoms with Crippen LogP contribution in [0, 0.1) is 5.92 Å². The number of nitrogens with zero attached hydrogens (tertiary/aromatic N) is 1. The highest BCUT2D eigenvalue weighted by molar-refractivity contribution is 5.85. The quantitative estimate of drug-likeness (QED) is 0.837. The maximum atomic E-state index is 11.8. The molecule has 0 aliphatic carbocycles. The van der Waals surface area contributed by atoms with Crippen LogP contribution in [0.5, 0.6) is 0 Å². The Hall–Kier alpha value is -1.22. The number of amides is 1. The number of hydrogen-bond acceptors (Lipinski definition) is 2. The van der Waals surface area contributed by atoms with E-state index in [0.29, 0.717) is 18.8 Å². The smallest absolute Gasteiger partial charge is 0.222 e. The molecule has 0 heterocycles. The van der Waals surface area contributed by atoms with Crippen LogP contribution in [-0.4, -0.2) is 24.4 Å². The second-order valence-corrected chi connectivity index (χ2v) is 4.87. The fourth-order valence-corrected chi connectivity index (χ4v) is 1.84. The van der Waals surface area contributed by atoms with E-state index in [1.54, 1.807) is 4.90 Å². The first-order valence-electron chi connectivity index (χ1n) is 6.08. The van der Waals surface area contributed by atoms with Crippen LogP contribution in [0.15, 0.2) is 24.3 Å². The van der Waals surface area contributed by atoms with Gasteiger partial charge in [-0.05, 0) is 24.0 Å². The van der Waals surface area contributed by atoms with Gasteiger partial charge in [0, 0.05) is 25.7 Å². The number of rotatable bonds is 5. The fraction of sp³-hybridized carbons (Fsp3) is 0.500. The molecule has 0 aliphatic heterocycles. The Morgan fingerprint density at radius 2 is 1.94 bits per heavy atom. The standard InChI is InChI=1S/C14H22N2O.ClH/c1-11(2)10-16(3)14(17)9-8-12-6-4-5-7-13(12)15;/h4-7,11H,8-10,15H2,1-3H3;1H. The summed E-state index contributed by atoms with van der Waals surface area (Å²) in [7, 11) is 1.86. The molecule has 0 atom stereocenters. The Bertz CT molecular complexity index is 380. The van der Waals surface area contributed by atoms with Gasteiger partial charge in [0.25, 0.3) is 0 Å². The van der Waals surface area contributed by atoms with Crippen LogP contribution in [0.1, 0.15) is 25.8 Å². The number of nitrogens with two attached hydrogens (primary N) is 1. The van der Waals surface area contributed by atoms with Crippen LogP contribution in [0.3, 0.4) is 0 Å². The summed E-state index contributed by atoms with van der Waals surface area (Å²) in [6, 6.07) is 7.71. The second kappa shape index (κ2) is 7.98. The summed E-state index contributed by atoms with van der Waals surface area (Å²) in [6.07, 6.45) is 1.24. The molecule has 0 spiro atoms. The number of halogens is 1. The maximum absolute atomic E-state index is 11.8. The number of aryl methyl sites for hydroxylation is 1.